The molecular formula is C14H4Cl4. The first-order valence-electron chi connectivity index (χ1n) is 5.07. The third-order valence-corrected chi connectivity index (χ3v) is 4.11. The second kappa shape index (κ2) is 4.47. The van der Waals surface area contributed by atoms with Crippen molar-refractivity contribution in [3.8, 4) is 0 Å². The van der Waals surface area contributed by atoms with Gasteiger partial charge in [-0.05, 0) is 35.0 Å². The van der Waals surface area contributed by atoms with Crippen molar-refractivity contribution < 1.29 is 0 Å². The summed E-state index contributed by atoms with van der Waals surface area (Å²) < 4.78 is 0. The van der Waals surface area contributed by atoms with Crippen molar-refractivity contribution >= 4 is 67.9 Å². The van der Waals surface area contributed by atoms with Crippen LogP contribution >= 0.6 is 46.4 Å². The molecule has 0 spiro atoms. The molecule has 4 heteroatoms. The molecule has 18 heavy (non-hydrogen) atoms. The average Bonchev–Trinajstić information content (AvgIpc) is 2.36. The molecule has 0 unspecified atom stereocenters. The molecule has 0 amide bonds. The average molecular weight is 314 g/mol. The van der Waals surface area contributed by atoms with E-state index in [2.05, 4.69) is 12.1 Å². The largest absolute Gasteiger partial charge is 0.0836 e. The Hall–Kier alpha value is -0.660. The van der Waals surface area contributed by atoms with Crippen LogP contribution in [0.3, 0.4) is 0 Å². The van der Waals surface area contributed by atoms with Crippen LogP contribution < -0.4 is 0 Å². The van der Waals surface area contributed by atoms with Crippen LogP contribution in [0.5, 0.6) is 0 Å². The molecule has 0 heterocycles. The molecule has 0 aliphatic heterocycles. The Morgan fingerprint density at radius 3 is 1.39 bits per heavy atom. The number of fused-ring (bicyclic) bond motifs is 3. The van der Waals surface area contributed by atoms with Gasteiger partial charge in [0.05, 0.1) is 10.0 Å². The fraction of sp³-hybridized carbons (Fsp3) is 0. The topological polar surface area (TPSA) is 0 Å². The Morgan fingerprint density at radius 1 is 0.611 bits per heavy atom. The molecule has 3 aromatic rings. The van der Waals surface area contributed by atoms with Gasteiger partial charge in [0.15, 0.2) is 0 Å². The van der Waals surface area contributed by atoms with Crippen molar-refractivity contribution in [2.75, 3.05) is 0 Å². The Bertz CT molecular complexity index is 711. The van der Waals surface area contributed by atoms with Gasteiger partial charge in [-0.15, -0.1) is 0 Å². The Kier molecular flexibility index (Phi) is 3.07. The maximum absolute atomic E-state index is 6.26. The molecule has 0 saturated carbocycles. The van der Waals surface area contributed by atoms with E-state index in [4.69, 9.17) is 46.4 Å². The van der Waals surface area contributed by atoms with Crippen molar-refractivity contribution in [1.29, 1.82) is 0 Å². The van der Waals surface area contributed by atoms with E-state index < -0.39 is 0 Å². The monoisotopic (exact) mass is 312 g/mol. The molecule has 0 aliphatic carbocycles. The number of hydrogen-bond donors (Lipinski definition) is 0. The van der Waals surface area contributed by atoms with Gasteiger partial charge in [-0.3, -0.25) is 0 Å². The van der Waals surface area contributed by atoms with E-state index in [1.807, 2.05) is 0 Å². The molecule has 3 rings (SSSR count). The predicted molar refractivity (Wildman–Crippen MR) is 79.2 cm³/mol. The molecule has 88 valence electrons. The highest BCUT2D eigenvalue weighted by molar-refractivity contribution is 6.49. The first kappa shape index (κ1) is 12.4. The molecule has 0 aliphatic rings. The molecule has 0 nitrogen and oxygen atoms in total. The van der Waals surface area contributed by atoms with Gasteiger partial charge in [-0.1, -0.05) is 46.4 Å². The second-order valence-electron chi connectivity index (χ2n) is 3.84. The molecule has 0 saturated heterocycles. The van der Waals surface area contributed by atoms with Crippen molar-refractivity contribution in [3.63, 3.8) is 0 Å². The van der Waals surface area contributed by atoms with Crippen LogP contribution in [0.1, 0.15) is 0 Å². The zero-order valence-corrected chi connectivity index (χ0v) is 11.8. The lowest BCUT2D eigenvalue weighted by molar-refractivity contribution is 1.74. The zero-order chi connectivity index (χ0) is 12.9. The zero-order valence-electron chi connectivity index (χ0n) is 8.82. The molecule has 0 aromatic heterocycles. The summed E-state index contributed by atoms with van der Waals surface area (Å²) in [6.45, 7) is 0. The molecular weight excluding hydrogens is 310 g/mol. The minimum atomic E-state index is 0.489. The highest BCUT2D eigenvalue weighted by atomic mass is 35.5. The Labute approximate surface area is 124 Å². The molecule has 0 atom stereocenters. The van der Waals surface area contributed by atoms with Crippen LogP contribution in [0.4, 0.5) is 0 Å². The van der Waals surface area contributed by atoms with Crippen LogP contribution in [0.15, 0.2) is 24.3 Å². The Balaban J connectivity index is 2.64. The summed E-state index contributed by atoms with van der Waals surface area (Å²) in [5.74, 6) is 0. The molecule has 2 radical (unpaired) electrons. The van der Waals surface area contributed by atoms with Gasteiger partial charge < -0.3 is 0 Å². The van der Waals surface area contributed by atoms with E-state index in [0.29, 0.717) is 20.1 Å². The fourth-order valence-corrected chi connectivity index (χ4v) is 2.82. The highest BCUT2D eigenvalue weighted by Gasteiger charge is 2.12. The summed E-state index contributed by atoms with van der Waals surface area (Å²) in [6, 6.07) is 12.9. The molecule has 0 N–H and O–H groups in total. The van der Waals surface area contributed by atoms with E-state index in [1.165, 1.54) is 0 Å². The molecule has 0 fully saturated rings. The summed E-state index contributed by atoms with van der Waals surface area (Å²) in [4.78, 5) is 0. The quantitative estimate of drug-likeness (QED) is 0.433. The maximum Gasteiger partial charge on any atom is 0.0677 e. The third-order valence-electron chi connectivity index (χ3n) is 2.79. The molecule has 0 bridgehead atoms. The SMILES string of the molecule is Clc1[c]cc2c(Cl)c(Cl)c3c[c]c(Cl)cc3c2c1. The summed E-state index contributed by atoms with van der Waals surface area (Å²) in [5, 5.41) is 5.43. The lowest BCUT2D eigenvalue weighted by atomic mass is 10.0. The third kappa shape index (κ3) is 1.85. The van der Waals surface area contributed by atoms with Gasteiger partial charge in [0.25, 0.3) is 0 Å². The van der Waals surface area contributed by atoms with Crippen LogP contribution in [-0.2, 0) is 0 Å². The van der Waals surface area contributed by atoms with Crippen molar-refractivity contribution in [2.45, 2.75) is 0 Å². The standard InChI is InChI=1S/C14H4Cl4/c15-7-1-3-9-11(5-7)12-6-8(16)2-4-10(12)14(18)13(9)17/h3-6H. The number of rotatable bonds is 0. The second-order valence-corrected chi connectivity index (χ2v) is 5.41. The smallest absolute Gasteiger partial charge is 0.0677 e. The van der Waals surface area contributed by atoms with Gasteiger partial charge in [0.1, 0.15) is 0 Å². The van der Waals surface area contributed by atoms with Crippen LogP contribution in [0, 0.1) is 12.1 Å². The first-order valence-corrected chi connectivity index (χ1v) is 6.58. The lowest BCUT2D eigenvalue weighted by Gasteiger charge is -2.09. The summed E-state index contributed by atoms with van der Waals surface area (Å²) in [6.07, 6.45) is 0. The number of halogens is 4. The van der Waals surface area contributed by atoms with E-state index in [9.17, 15) is 0 Å². The van der Waals surface area contributed by atoms with E-state index >= 15 is 0 Å². The lowest BCUT2D eigenvalue weighted by Crippen LogP contribution is -1.83. The van der Waals surface area contributed by atoms with Gasteiger partial charge in [-0.25, -0.2) is 0 Å². The highest BCUT2D eigenvalue weighted by Crippen LogP contribution is 2.40. The predicted octanol–water partition coefficient (Wildman–Crippen LogP) is 6.21. The van der Waals surface area contributed by atoms with Crippen molar-refractivity contribution in [2.24, 2.45) is 0 Å². The molecule has 3 aromatic carbocycles. The summed E-state index contributed by atoms with van der Waals surface area (Å²) in [7, 11) is 0. The van der Waals surface area contributed by atoms with Gasteiger partial charge >= 0.3 is 0 Å². The van der Waals surface area contributed by atoms with E-state index in [-0.39, 0.29) is 0 Å². The number of hydrogen-bond acceptors (Lipinski definition) is 0. The van der Waals surface area contributed by atoms with Gasteiger partial charge in [-0.2, -0.15) is 0 Å². The van der Waals surface area contributed by atoms with Crippen LogP contribution in [0.25, 0.3) is 21.5 Å². The summed E-state index contributed by atoms with van der Waals surface area (Å²) >= 11 is 24.5. The first-order chi connectivity index (χ1) is 8.58. The van der Waals surface area contributed by atoms with E-state index in [1.54, 1.807) is 24.3 Å². The van der Waals surface area contributed by atoms with Crippen LogP contribution in [-0.4, -0.2) is 0 Å². The normalized spacial score (nSPS) is 11.3. The van der Waals surface area contributed by atoms with Crippen molar-refractivity contribution in [3.05, 3.63) is 56.5 Å². The maximum atomic E-state index is 6.26. The fourth-order valence-electron chi connectivity index (χ4n) is 1.98. The Morgan fingerprint density at radius 2 is 1.00 bits per heavy atom. The van der Waals surface area contributed by atoms with E-state index in [0.717, 1.165) is 21.5 Å². The number of benzene rings is 3. The van der Waals surface area contributed by atoms with Gasteiger partial charge in [0, 0.05) is 33.0 Å². The van der Waals surface area contributed by atoms with Crippen LogP contribution in [0.2, 0.25) is 20.1 Å². The van der Waals surface area contributed by atoms with Gasteiger partial charge in [0.2, 0.25) is 0 Å². The summed E-state index contributed by atoms with van der Waals surface area (Å²) in [5.41, 5.74) is 0. The minimum absolute atomic E-state index is 0.489. The van der Waals surface area contributed by atoms with Crippen molar-refractivity contribution in [1.82, 2.24) is 0 Å². The minimum Gasteiger partial charge on any atom is -0.0836 e.